The Morgan fingerprint density at radius 2 is 1.64 bits per heavy atom. The zero-order valence-corrected chi connectivity index (χ0v) is 17.7. The second-order valence-corrected chi connectivity index (χ2v) is 7.60. The van der Waals surface area contributed by atoms with Crippen LogP contribution in [0.15, 0.2) is 48.5 Å². The number of anilines is 1. The molecule has 1 amide bonds. The van der Waals surface area contributed by atoms with Gasteiger partial charge in [0.2, 0.25) is 0 Å². The molecule has 0 bridgehead atoms. The van der Waals surface area contributed by atoms with Crippen LogP contribution in [0.2, 0.25) is 0 Å². The van der Waals surface area contributed by atoms with E-state index in [0.717, 1.165) is 53.5 Å². The maximum atomic E-state index is 13.8. The Balaban J connectivity index is 1.54. The molecule has 0 spiro atoms. The second-order valence-electron chi connectivity index (χ2n) is 7.60. The largest absolute Gasteiger partial charge is 0.435 e. The van der Waals surface area contributed by atoms with Crippen LogP contribution in [0.25, 0.3) is 5.69 Å². The Bertz CT molecular complexity index is 1110. The molecule has 2 heterocycles. The van der Waals surface area contributed by atoms with E-state index in [1.165, 1.54) is 7.05 Å². The number of morpholine rings is 1. The number of nitrogens with zero attached hydrogens (tertiary/aromatic N) is 5. The number of hydrogen-bond acceptors (Lipinski definition) is 5. The van der Waals surface area contributed by atoms with Crippen LogP contribution in [0.1, 0.15) is 21.7 Å². The summed E-state index contributed by atoms with van der Waals surface area (Å²) in [4.78, 5) is 16.2. The average Bonchev–Trinajstić information content (AvgIpc) is 3.26. The molecule has 1 aromatic heterocycles. The van der Waals surface area contributed by atoms with Crippen molar-refractivity contribution in [2.45, 2.75) is 12.7 Å². The normalized spacial score (nSPS) is 14.4. The number of alkyl halides is 3. The van der Waals surface area contributed by atoms with Crippen LogP contribution in [0.3, 0.4) is 0 Å². The Hall–Kier alpha value is -3.47. The van der Waals surface area contributed by atoms with Crippen LogP contribution in [0, 0.1) is 5.82 Å². The number of hydrogen-bond donors (Lipinski definition) is 0. The SMILES string of the molecule is CN(Cc1ccc(N2CCOCC2)cc1)C(=O)c1nnn(-c2ccc(F)cc2)c1C(F)(F)F. The first-order chi connectivity index (χ1) is 15.7. The molecule has 0 unspecified atom stereocenters. The van der Waals surface area contributed by atoms with Crippen molar-refractivity contribution < 1.29 is 27.1 Å². The Kier molecular flexibility index (Phi) is 6.32. The van der Waals surface area contributed by atoms with E-state index in [1.54, 1.807) is 0 Å². The fourth-order valence-corrected chi connectivity index (χ4v) is 3.60. The minimum Gasteiger partial charge on any atom is -0.378 e. The standard InChI is InChI=1S/C22H21F4N5O2/c1-29(14-15-2-6-17(7-3-15)30-10-12-33-13-11-30)21(32)19-20(22(24,25)26)31(28-27-19)18-8-4-16(23)5-9-18/h2-9H,10-14H2,1H3. The van der Waals surface area contributed by atoms with Gasteiger partial charge in [0.1, 0.15) is 5.82 Å². The Morgan fingerprint density at radius 1 is 1.03 bits per heavy atom. The van der Waals surface area contributed by atoms with Gasteiger partial charge in [0, 0.05) is 32.4 Å². The molecule has 174 valence electrons. The van der Waals surface area contributed by atoms with E-state index in [2.05, 4.69) is 15.2 Å². The van der Waals surface area contributed by atoms with Crippen LogP contribution in [0.5, 0.6) is 0 Å². The number of rotatable bonds is 5. The van der Waals surface area contributed by atoms with Gasteiger partial charge in [-0.05, 0) is 42.0 Å². The lowest BCUT2D eigenvalue weighted by molar-refractivity contribution is -0.143. The number of benzene rings is 2. The molecule has 11 heteroatoms. The van der Waals surface area contributed by atoms with Gasteiger partial charge in [-0.25, -0.2) is 9.07 Å². The third-order valence-electron chi connectivity index (χ3n) is 5.29. The molecule has 4 rings (SSSR count). The van der Waals surface area contributed by atoms with E-state index in [9.17, 15) is 22.4 Å². The lowest BCUT2D eigenvalue weighted by Gasteiger charge is -2.29. The predicted octanol–water partition coefficient (Wildman–Crippen LogP) is 3.53. The third kappa shape index (κ3) is 4.98. The van der Waals surface area contributed by atoms with Gasteiger partial charge >= 0.3 is 6.18 Å². The fraction of sp³-hybridized carbons (Fsp3) is 0.318. The number of halogens is 4. The van der Waals surface area contributed by atoms with Gasteiger partial charge in [0.15, 0.2) is 11.4 Å². The third-order valence-corrected chi connectivity index (χ3v) is 5.29. The summed E-state index contributed by atoms with van der Waals surface area (Å²) in [5.41, 5.74) is -0.426. The van der Waals surface area contributed by atoms with Crippen molar-refractivity contribution in [3.8, 4) is 5.69 Å². The van der Waals surface area contributed by atoms with Gasteiger partial charge in [-0.3, -0.25) is 4.79 Å². The highest BCUT2D eigenvalue weighted by molar-refractivity contribution is 5.93. The minimum absolute atomic E-state index is 0.0587. The summed E-state index contributed by atoms with van der Waals surface area (Å²) in [5, 5.41) is 7.03. The molecule has 1 aliphatic heterocycles. The van der Waals surface area contributed by atoms with Gasteiger partial charge < -0.3 is 14.5 Å². The second kappa shape index (κ2) is 9.18. The van der Waals surface area contributed by atoms with Crippen molar-refractivity contribution in [1.29, 1.82) is 0 Å². The molecule has 0 N–H and O–H groups in total. The van der Waals surface area contributed by atoms with Crippen LogP contribution < -0.4 is 4.90 Å². The van der Waals surface area contributed by atoms with E-state index < -0.39 is 29.3 Å². The number of ether oxygens (including phenoxy) is 1. The first-order valence-corrected chi connectivity index (χ1v) is 10.2. The van der Waals surface area contributed by atoms with Crippen molar-refractivity contribution in [2.75, 3.05) is 38.3 Å². The van der Waals surface area contributed by atoms with Crippen LogP contribution in [-0.2, 0) is 17.5 Å². The Labute approximate surface area is 187 Å². The van der Waals surface area contributed by atoms with Crippen LogP contribution >= 0.6 is 0 Å². The lowest BCUT2D eigenvalue weighted by atomic mass is 10.1. The van der Waals surface area contributed by atoms with Crippen molar-refractivity contribution >= 4 is 11.6 Å². The summed E-state index contributed by atoms with van der Waals surface area (Å²) in [6.45, 7) is 2.95. The molecule has 0 radical (unpaired) electrons. The smallest absolute Gasteiger partial charge is 0.378 e. The molecular weight excluding hydrogens is 442 g/mol. The van der Waals surface area contributed by atoms with Gasteiger partial charge in [0.25, 0.3) is 5.91 Å². The summed E-state index contributed by atoms with van der Waals surface area (Å²) in [6, 6.07) is 11.7. The van der Waals surface area contributed by atoms with E-state index in [0.29, 0.717) is 17.9 Å². The quantitative estimate of drug-likeness (QED) is 0.542. The summed E-state index contributed by atoms with van der Waals surface area (Å²) < 4.78 is 60.5. The van der Waals surface area contributed by atoms with Gasteiger partial charge in [0.05, 0.1) is 18.9 Å². The summed E-state index contributed by atoms with van der Waals surface area (Å²) >= 11 is 0. The summed E-state index contributed by atoms with van der Waals surface area (Å²) in [5.74, 6) is -1.53. The highest BCUT2D eigenvalue weighted by Crippen LogP contribution is 2.33. The maximum Gasteiger partial charge on any atom is 0.435 e. The van der Waals surface area contributed by atoms with Crippen molar-refractivity contribution in [3.05, 3.63) is 71.3 Å². The Morgan fingerprint density at radius 3 is 2.24 bits per heavy atom. The lowest BCUT2D eigenvalue weighted by Crippen LogP contribution is -2.36. The molecule has 0 aliphatic carbocycles. The highest BCUT2D eigenvalue weighted by Gasteiger charge is 2.42. The molecule has 1 saturated heterocycles. The zero-order chi connectivity index (χ0) is 23.6. The summed E-state index contributed by atoms with van der Waals surface area (Å²) in [7, 11) is 1.40. The van der Waals surface area contributed by atoms with E-state index in [-0.39, 0.29) is 12.2 Å². The first kappa shape index (κ1) is 22.7. The minimum atomic E-state index is -4.90. The molecular formula is C22H21F4N5O2. The molecule has 0 saturated carbocycles. The molecule has 2 aromatic carbocycles. The van der Waals surface area contributed by atoms with Crippen molar-refractivity contribution in [3.63, 3.8) is 0 Å². The first-order valence-electron chi connectivity index (χ1n) is 10.2. The van der Waals surface area contributed by atoms with Crippen molar-refractivity contribution in [2.24, 2.45) is 0 Å². The van der Waals surface area contributed by atoms with E-state index in [4.69, 9.17) is 4.74 Å². The van der Waals surface area contributed by atoms with E-state index in [1.807, 2.05) is 24.3 Å². The van der Waals surface area contributed by atoms with Crippen molar-refractivity contribution in [1.82, 2.24) is 19.9 Å². The molecule has 7 nitrogen and oxygen atoms in total. The monoisotopic (exact) mass is 463 g/mol. The fourth-order valence-electron chi connectivity index (χ4n) is 3.60. The van der Waals surface area contributed by atoms with Gasteiger partial charge in [-0.2, -0.15) is 13.2 Å². The maximum absolute atomic E-state index is 13.8. The number of amides is 1. The number of carbonyl (C=O) groups is 1. The van der Waals surface area contributed by atoms with E-state index >= 15 is 0 Å². The highest BCUT2D eigenvalue weighted by atomic mass is 19.4. The van der Waals surface area contributed by atoms with Gasteiger partial charge in [-0.1, -0.05) is 17.3 Å². The number of carbonyl (C=O) groups excluding carboxylic acids is 1. The van der Waals surface area contributed by atoms with Crippen LogP contribution in [0.4, 0.5) is 23.2 Å². The van der Waals surface area contributed by atoms with Gasteiger partial charge in [-0.15, -0.1) is 5.10 Å². The molecule has 1 aliphatic rings. The molecule has 3 aromatic rings. The molecule has 33 heavy (non-hydrogen) atoms. The average molecular weight is 463 g/mol. The molecule has 1 fully saturated rings. The van der Waals surface area contributed by atoms with Crippen LogP contribution in [-0.4, -0.2) is 59.2 Å². The molecule has 0 atom stereocenters. The predicted molar refractivity (Wildman–Crippen MR) is 112 cm³/mol. The zero-order valence-electron chi connectivity index (χ0n) is 17.7. The topological polar surface area (TPSA) is 63.5 Å². The summed E-state index contributed by atoms with van der Waals surface area (Å²) in [6.07, 6.45) is -4.90. The number of aromatic nitrogens is 3.